The zero-order chi connectivity index (χ0) is 21.6. The monoisotopic (exact) mass is 427 g/mol. The fourth-order valence-corrected chi connectivity index (χ4v) is 6.28. The number of hydrogen-bond acceptors (Lipinski definition) is 4. The molecular weight excluding hydrogens is 390 g/mol. The van der Waals surface area contributed by atoms with Gasteiger partial charge in [0.1, 0.15) is 5.60 Å². The smallest absolute Gasteiger partial charge is 0.329 e. The summed E-state index contributed by atoms with van der Waals surface area (Å²) in [5.41, 5.74) is 1.06. The Morgan fingerprint density at radius 3 is 2.45 bits per heavy atom. The second-order valence-corrected chi connectivity index (χ2v) is 10.7. The zero-order valence-corrected chi connectivity index (χ0v) is 18.8. The van der Waals surface area contributed by atoms with Gasteiger partial charge >= 0.3 is 5.69 Å². The van der Waals surface area contributed by atoms with E-state index in [0.717, 1.165) is 42.9 Å². The number of aliphatic hydroxyl groups is 2. The Hall–Kier alpha value is -1.63. The number of hydrogen-bond donors (Lipinski definition) is 2. The van der Waals surface area contributed by atoms with E-state index in [1.54, 1.807) is 11.5 Å². The van der Waals surface area contributed by atoms with Crippen LogP contribution >= 0.6 is 0 Å². The number of para-hydroxylation sites is 2. The minimum Gasteiger partial charge on any atom is -0.393 e. The number of aliphatic hydroxyl groups excluding tert-OH is 1. The lowest BCUT2D eigenvalue weighted by atomic mass is 9.76. The summed E-state index contributed by atoms with van der Waals surface area (Å²) in [6.07, 6.45) is 10.5. The maximum atomic E-state index is 13.4. The molecule has 170 valence electrons. The van der Waals surface area contributed by atoms with Gasteiger partial charge in [0.05, 0.1) is 24.2 Å². The van der Waals surface area contributed by atoms with E-state index in [9.17, 15) is 15.0 Å². The van der Waals surface area contributed by atoms with Gasteiger partial charge in [-0.15, -0.1) is 0 Å². The molecule has 2 heterocycles. The van der Waals surface area contributed by atoms with E-state index in [-0.39, 0.29) is 24.9 Å². The maximum absolute atomic E-state index is 13.4. The molecule has 2 aliphatic carbocycles. The van der Waals surface area contributed by atoms with Gasteiger partial charge in [0.2, 0.25) is 0 Å². The molecule has 0 radical (unpaired) electrons. The van der Waals surface area contributed by atoms with Gasteiger partial charge in [0.25, 0.3) is 0 Å². The lowest BCUT2D eigenvalue weighted by molar-refractivity contribution is -0.0120. The van der Waals surface area contributed by atoms with Crippen LogP contribution in [0.25, 0.3) is 11.0 Å². The average Bonchev–Trinajstić information content (AvgIpc) is 3.50. The largest absolute Gasteiger partial charge is 0.393 e. The molecule has 0 bridgehead atoms. The van der Waals surface area contributed by atoms with E-state index in [1.165, 1.54) is 45.1 Å². The number of benzene rings is 1. The van der Waals surface area contributed by atoms with Crippen molar-refractivity contribution in [3.05, 3.63) is 34.7 Å². The fourth-order valence-electron chi connectivity index (χ4n) is 6.28. The number of fused-ring (bicyclic) bond motifs is 1. The number of nitrogens with zero attached hydrogens (tertiary/aromatic N) is 3. The molecular formula is C25H37N3O3. The molecule has 5 rings (SSSR count). The molecule has 0 unspecified atom stereocenters. The van der Waals surface area contributed by atoms with Crippen LogP contribution in [0, 0.1) is 11.3 Å². The van der Waals surface area contributed by atoms with E-state index in [4.69, 9.17) is 0 Å². The first kappa shape index (κ1) is 21.2. The Balaban J connectivity index is 1.33. The molecule has 3 aliphatic rings. The minimum absolute atomic E-state index is 0.0717. The van der Waals surface area contributed by atoms with Crippen LogP contribution < -0.4 is 5.69 Å². The van der Waals surface area contributed by atoms with Crippen molar-refractivity contribution in [3.63, 3.8) is 0 Å². The van der Waals surface area contributed by atoms with Crippen LogP contribution in [0.2, 0.25) is 0 Å². The second kappa shape index (κ2) is 8.05. The van der Waals surface area contributed by atoms with Gasteiger partial charge in [-0.2, -0.15) is 0 Å². The first-order valence-corrected chi connectivity index (χ1v) is 12.2. The Morgan fingerprint density at radius 1 is 1.06 bits per heavy atom. The standard InChI is InChI=1S/C25H37N3O3/c1-24(31,18-29)17-27-21-7-2-3-8-22(21)28(23(27)30)20-9-14-26(15-10-20)16-19-6-4-5-11-25(19)12-13-25/h2-3,7-8,19-20,29,31H,4-6,9-18H2,1H3/t19-,24+/m0/s1. The van der Waals surface area contributed by atoms with Crippen LogP contribution in [-0.2, 0) is 6.54 Å². The summed E-state index contributed by atoms with van der Waals surface area (Å²) in [5.74, 6) is 0.878. The third-order valence-electron chi connectivity index (χ3n) is 8.34. The molecule has 1 aromatic heterocycles. The molecule has 2 N–H and O–H groups in total. The predicted molar refractivity (Wildman–Crippen MR) is 122 cm³/mol. The van der Waals surface area contributed by atoms with Crippen molar-refractivity contribution >= 4 is 11.0 Å². The zero-order valence-electron chi connectivity index (χ0n) is 18.8. The lowest BCUT2D eigenvalue weighted by Gasteiger charge is -2.39. The summed E-state index contributed by atoms with van der Waals surface area (Å²) >= 11 is 0. The molecule has 6 nitrogen and oxygen atoms in total. The van der Waals surface area contributed by atoms with Gasteiger partial charge in [0.15, 0.2) is 0 Å². The summed E-state index contributed by atoms with van der Waals surface area (Å²) in [7, 11) is 0. The normalized spacial score (nSPS) is 26.4. The van der Waals surface area contributed by atoms with Crippen molar-refractivity contribution in [1.29, 1.82) is 0 Å². The van der Waals surface area contributed by atoms with Crippen LogP contribution in [0.4, 0.5) is 0 Å². The molecule has 2 atom stereocenters. The maximum Gasteiger partial charge on any atom is 0.329 e. The topological polar surface area (TPSA) is 70.6 Å². The van der Waals surface area contributed by atoms with E-state index in [1.807, 2.05) is 28.8 Å². The molecule has 2 saturated carbocycles. The summed E-state index contributed by atoms with van der Waals surface area (Å²) in [6.45, 7) is 4.64. The van der Waals surface area contributed by atoms with Gasteiger partial charge in [-0.1, -0.05) is 25.0 Å². The van der Waals surface area contributed by atoms with E-state index in [2.05, 4.69) is 4.90 Å². The van der Waals surface area contributed by atoms with Crippen molar-refractivity contribution in [2.45, 2.75) is 76.5 Å². The number of aromatic nitrogens is 2. The van der Waals surface area contributed by atoms with Crippen molar-refractivity contribution in [2.75, 3.05) is 26.2 Å². The van der Waals surface area contributed by atoms with Crippen molar-refractivity contribution in [1.82, 2.24) is 14.0 Å². The number of likely N-dealkylation sites (tertiary alicyclic amines) is 1. The van der Waals surface area contributed by atoms with Gasteiger partial charge in [-0.25, -0.2) is 4.79 Å². The molecule has 3 fully saturated rings. The molecule has 0 amide bonds. The third-order valence-corrected chi connectivity index (χ3v) is 8.34. The Morgan fingerprint density at radius 2 is 1.77 bits per heavy atom. The number of rotatable bonds is 6. The van der Waals surface area contributed by atoms with Crippen LogP contribution in [0.15, 0.2) is 29.1 Å². The third kappa shape index (κ3) is 3.98. The van der Waals surface area contributed by atoms with Gasteiger partial charge in [-0.05, 0) is 68.9 Å². The average molecular weight is 428 g/mol. The van der Waals surface area contributed by atoms with Crippen molar-refractivity contribution in [2.24, 2.45) is 11.3 Å². The van der Waals surface area contributed by atoms with Gasteiger partial charge < -0.3 is 15.1 Å². The van der Waals surface area contributed by atoms with E-state index >= 15 is 0 Å². The van der Waals surface area contributed by atoms with Crippen LogP contribution in [0.5, 0.6) is 0 Å². The first-order chi connectivity index (χ1) is 14.9. The fraction of sp³-hybridized carbons (Fsp3) is 0.720. The second-order valence-electron chi connectivity index (χ2n) is 10.7. The SMILES string of the molecule is C[C@](O)(CO)Cn1c(=O)n(C2CCN(C[C@@H]3CCCCC34CC4)CC2)c2ccccc21. The predicted octanol–water partition coefficient (Wildman–Crippen LogP) is 3.15. The highest BCUT2D eigenvalue weighted by Gasteiger charge is 2.50. The van der Waals surface area contributed by atoms with Crippen LogP contribution in [0.3, 0.4) is 0 Å². The summed E-state index contributed by atoms with van der Waals surface area (Å²) in [5, 5.41) is 19.9. The number of piperidine rings is 1. The highest BCUT2D eigenvalue weighted by Crippen LogP contribution is 2.59. The van der Waals surface area contributed by atoms with Crippen LogP contribution in [0.1, 0.15) is 64.3 Å². The Kier molecular flexibility index (Phi) is 5.51. The summed E-state index contributed by atoms with van der Waals surface area (Å²) < 4.78 is 3.58. The molecule has 1 aliphatic heterocycles. The Labute approximate surface area is 184 Å². The minimum atomic E-state index is -1.32. The lowest BCUT2D eigenvalue weighted by Crippen LogP contribution is -2.43. The molecule has 1 spiro atoms. The van der Waals surface area contributed by atoms with Crippen molar-refractivity contribution in [3.8, 4) is 0 Å². The quantitative estimate of drug-likeness (QED) is 0.743. The highest BCUT2D eigenvalue weighted by molar-refractivity contribution is 5.76. The molecule has 6 heteroatoms. The molecule has 31 heavy (non-hydrogen) atoms. The van der Waals surface area contributed by atoms with Gasteiger partial charge in [0, 0.05) is 25.7 Å². The van der Waals surface area contributed by atoms with Crippen molar-refractivity contribution < 1.29 is 10.2 Å². The van der Waals surface area contributed by atoms with Crippen LogP contribution in [-0.4, -0.2) is 56.1 Å². The molecule has 1 saturated heterocycles. The highest BCUT2D eigenvalue weighted by atomic mass is 16.3. The summed E-state index contributed by atoms with van der Waals surface area (Å²) in [4.78, 5) is 16.0. The molecule has 1 aromatic carbocycles. The van der Waals surface area contributed by atoms with E-state index in [0.29, 0.717) is 5.41 Å². The molecule has 2 aromatic rings. The Bertz CT molecular complexity index is 980. The summed E-state index contributed by atoms with van der Waals surface area (Å²) in [6, 6.07) is 8.03. The first-order valence-electron chi connectivity index (χ1n) is 12.2. The number of imidazole rings is 1. The van der Waals surface area contributed by atoms with Gasteiger partial charge in [-0.3, -0.25) is 9.13 Å². The van der Waals surface area contributed by atoms with E-state index < -0.39 is 5.60 Å².